The van der Waals surface area contributed by atoms with Crippen LogP contribution in [-0.4, -0.2) is 209 Å². The summed E-state index contributed by atoms with van der Waals surface area (Å²) in [5.41, 5.74) is 0.748. The molecule has 0 aliphatic carbocycles. The summed E-state index contributed by atoms with van der Waals surface area (Å²) in [5.74, 6) is -2.77. The molecule has 2 aromatic rings. The molecule has 2 aromatic carbocycles. The molecule has 0 spiro atoms. The highest BCUT2D eigenvalue weighted by Crippen LogP contribution is 2.34. The molecule has 0 aromatic heterocycles. The van der Waals surface area contributed by atoms with Crippen LogP contribution in [0.1, 0.15) is 18.1 Å². The van der Waals surface area contributed by atoms with Crippen molar-refractivity contribution >= 4 is 12.0 Å². The highest BCUT2D eigenvalue weighted by Gasteiger charge is 2.54. The Morgan fingerprint density at radius 1 is 0.629 bits per heavy atom. The number of rotatable bonds is 14. The molecule has 6 rings (SSSR count). The largest absolute Gasteiger partial charge is 0.504 e. The number of esters is 1. The molecule has 346 valence electrons. The van der Waals surface area contributed by atoms with Crippen molar-refractivity contribution < 1.29 is 114 Å². The van der Waals surface area contributed by atoms with Crippen LogP contribution < -0.4 is 0 Å². The van der Waals surface area contributed by atoms with E-state index in [1.54, 1.807) is 0 Å². The van der Waals surface area contributed by atoms with Crippen LogP contribution in [-0.2, 0) is 53.8 Å². The summed E-state index contributed by atoms with van der Waals surface area (Å²) in [7, 11) is 0. The number of carbonyl (C=O) groups excluding carboxylic acids is 1. The van der Waals surface area contributed by atoms with E-state index in [0.717, 1.165) is 12.1 Å². The molecular formula is C39H52O23. The predicted molar refractivity (Wildman–Crippen MR) is 200 cm³/mol. The molecule has 0 radical (unpaired) electrons. The number of hydrogen-bond donors (Lipinski definition) is 13. The maximum absolute atomic E-state index is 13.4. The number of ether oxygens (including phenoxy) is 9. The molecule has 23 nitrogen and oxygen atoms in total. The maximum atomic E-state index is 13.4. The molecule has 0 bridgehead atoms. The second-order valence-corrected chi connectivity index (χ2v) is 15.2. The van der Waals surface area contributed by atoms with Crippen molar-refractivity contribution in [2.24, 2.45) is 0 Å². The average Bonchev–Trinajstić information content (AvgIpc) is 3.24. The van der Waals surface area contributed by atoms with Gasteiger partial charge in [-0.1, -0.05) is 12.1 Å². The van der Waals surface area contributed by atoms with E-state index in [4.69, 9.17) is 42.6 Å². The Bertz CT molecular complexity index is 1820. The lowest BCUT2D eigenvalue weighted by Gasteiger charge is -2.48. The summed E-state index contributed by atoms with van der Waals surface area (Å²) in [6, 6.07) is 7.72. The van der Waals surface area contributed by atoms with Crippen LogP contribution in [0.25, 0.3) is 6.08 Å². The van der Waals surface area contributed by atoms with Crippen molar-refractivity contribution in [1.82, 2.24) is 0 Å². The van der Waals surface area contributed by atoms with Crippen LogP contribution in [0.5, 0.6) is 23.0 Å². The topological polar surface area (TPSA) is 363 Å². The first-order valence-corrected chi connectivity index (χ1v) is 19.6. The number of aliphatic hydroxyl groups is 9. The van der Waals surface area contributed by atoms with Crippen molar-refractivity contribution in [2.75, 3.05) is 26.4 Å². The van der Waals surface area contributed by atoms with Gasteiger partial charge < -0.3 is 109 Å². The van der Waals surface area contributed by atoms with Crippen LogP contribution in [0, 0.1) is 0 Å². The summed E-state index contributed by atoms with van der Waals surface area (Å²) in [4.78, 5) is 13.4. The normalized spacial score (nSPS) is 39.1. The van der Waals surface area contributed by atoms with E-state index >= 15 is 0 Å². The van der Waals surface area contributed by atoms with E-state index in [9.17, 15) is 71.2 Å². The molecule has 0 saturated carbocycles. The van der Waals surface area contributed by atoms with Gasteiger partial charge in [-0.15, -0.1) is 0 Å². The van der Waals surface area contributed by atoms with Gasteiger partial charge in [-0.25, -0.2) is 4.79 Å². The van der Waals surface area contributed by atoms with Gasteiger partial charge in [0.1, 0.15) is 73.2 Å². The number of carbonyl (C=O) groups is 1. The zero-order valence-electron chi connectivity index (χ0n) is 32.9. The Morgan fingerprint density at radius 3 is 1.89 bits per heavy atom. The first-order chi connectivity index (χ1) is 29.4. The van der Waals surface area contributed by atoms with E-state index in [1.165, 1.54) is 43.3 Å². The zero-order valence-corrected chi connectivity index (χ0v) is 32.9. The molecule has 4 fully saturated rings. The van der Waals surface area contributed by atoms with E-state index in [1.807, 2.05) is 0 Å². The minimum atomic E-state index is -1.99. The molecule has 18 atom stereocenters. The van der Waals surface area contributed by atoms with Gasteiger partial charge in [0.2, 0.25) is 0 Å². The molecule has 13 N–H and O–H groups in total. The van der Waals surface area contributed by atoms with Crippen LogP contribution in [0.3, 0.4) is 0 Å². The van der Waals surface area contributed by atoms with Crippen LogP contribution in [0.2, 0.25) is 0 Å². The summed E-state index contributed by atoms with van der Waals surface area (Å²) in [5, 5.41) is 135. The molecular weight excluding hydrogens is 836 g/mol. The highest BCUT2D eigenvalue weighted by molar-refractivity contribution is 5.87. The lowest BCUT2D eigenvalue weighted by Crippen LogP contribution is -2.66. The quantitative estimate of drug-likeness (QED) is 0.0487. The predicted octanol–water partition coefficient (Wildman–Crippen LogP) is -4.09. The van der Waals surface area contributed by atoms with E-state index in [2.05, 4.69) is 0 Å². The lowest BCUT2D eigenvalue weighted by atomic mass is 9.96. The molecule has 23 heteroatoms. The van der Waals surface area contributed by atoms with E-state index in [-0.39, 0.29) is 24.3 Å². The highest BCUT2D eigenvalue weighted by atomic mass is 16.8. The fourth-order valence-corrected chi connectivity index (χ4v) is 7.09. The van der Waals surface area contributed by atoms with Crippen molar-refractivity contribution in [3.05, 3.63) is 53.6 Å². The third-order valence-corrected chi connectivity index (χ3v) is 10.7. The van der Waals surface area contributed by atoms with Crippen LogP contribution >= 0.6 is 0 Å². The van der Waals surface area contributed by atoms with Gasteiger partial charge in [0.25, 0.3) is 0 Å². The third-order valence-electron chi connectivity index (χ3n) is 10.7. The number of hydrogen-bond acceptors (Lipinski definition) is 23. The minimum Gasteiger partial charge on any atom is -0.504 e. The minimum absolute atomic E-state index is 0.0936. The fraction of sp³-hybridized carbons (Fsp3) is 0.615. The second kappa shape index (κ2) is 20.8. The Balaban J connectivity index is 1.26. The first kappa shape index (κ1) is 47.6. The molecule has 4 aliphatic heterocycles. The molecule has 4 heterocycles. The Morgan fingerprint density at radius 2 is 1.23 bits per heavy atom. The number of phenols is 4. The van der Waals surface area contributed by atoms with Crippen LogP contribution in [0.15, 0.2) is 42.5 Å². The van der Waals surface area contributed by atoms with Gasteiger partial charge >= 0.3 is 5.97 Å². The number of benzene rings is 2. The Labute approximate surface area is 352 Å². The third kappa shape index (κ3) is 11.1. The molecule has 62 heavy (non-hydrogen) atoms. The summed E-state index contributed by atoms with van der Waals surface area (Å²) >= 11 is 0. The van der Waals surface area contributed by atoms with Crippen molar-refractivity contribution in [3.63, 3.8) is 0 Å². The summed E-state index contributed by atoms with van der Waals surface area (Å²) in [6.07, 6.45) is -27.5. The summed E-state index contributed by atoms with van der Waals surface area (Å²) < 4.78 is 51.7. The van der Waals surface area contributed by atoms with Crippen LogP contribution in [0.4, 0.5) is 0 Å². The first-order valence-electron chi connectivity index (χ1n) is 19.6. The molecule has 0 unspecified atom stereocenters. The van der Waals surface area contributed by atoms with Crippen molar-refractivity contribution in [2.45, 2.75) is 124 Å². The van der Waals surface area contributed by atoms with E-state index < -0.39 is 154 Å². The van der Waals surface area contributed by atoms with Gasteiger partial charge in [0.15, 0.2) is 54.3 Å². The van der Waals surface area contributed by atoms with Gasteiger partial charge in [-0.2, -0.15) is 0 Å². The zero-order chi connectivity index (χ0) is 45.0. The number of aromatic hydroxyl groups is 4. The monoisotopic (exact) mass is 888 g/mol. The van der Waals surface area contributed by atoms with Gasteiger partial charge in [-0.3, -0.25) is 0 Å². The van der Waals surface area contributed by atoms with E-state index in [0.29, 0.717) is 5.56 Å². The van der Waals surface area contributed by atoms with Crippen molar-refractivity contribution in [3.8, 4) is 23.0 Å². The number of aliphatic hydroxyl groups excluding tert-OH is 9. The van der Waals surface area contributed by atoms with Gasteiger partial charge in [0.05, 0.1) is 32.5 Å². The van der Waals surface area contributed by atoms with Crippen molar-refractivity contribution in [1.29, 1.82) is 0 Å². The fourth-order valence-electron chi connectivity index (χ4n) is 7.09. The standard InChI is InChI=1S/C39H52O23/c1-15-33(61-37-30(51)27(48)23(45)13-56-37)28(49)31(52)39(58-15)62-35-32(53)38(54-9-8-17-3-6-19(41)21(43)11-17)59-24(14-57-36-29(50)26(47)22(44)12-55-36)34(35)60-25(46)7-4-16-2-5-18(40)20(42)10-16/h2-7,10-11,15,22-24,26-45,47-53H,8-9,12-14H2,1H3/b7-4+/t15-,22+,23+,24+,26-,27-,28-,29+,30+,31+,32+,33-,34+,35+,36-,37-,38+,39-/m0/s1. The lowest BCUT2D eigenvalue weighted by molar-refractivity contribution is -0.374. The Hall–Kier alpha value is -3.83. The second-order valence-electron chi connectivity index (χ2n) is 15.2. The molecule has 4 aliphatic rings. The average molecular weight is 889 g/mol. The molecule has 4 saturated heterocycles. The van der Waals surface area contributed by atoms with Gasteiger partial charge in [0, 0.05) is 6.08 Å². The van der Waals surface area contributed by atoms with Gasteiger partial charge in [-0.05, 0) is 54.8 Å². The summed E-state index contributed by atoms with van der Waals surface area (Å²) in [6.45, 7) is -0.326. The maximum Gasteiger partial charge on any atom is 0.331 e. The molecule has 0 amide bonds. The Kier molecular flexibility index (Phi) is 16.0. The SMILES string of the molecule is C[C@@H]1O[C@@H](O[C@@H]2[C@@H](O)[C@H](OCCc3ccc(O)c(O)c3)O[C@H](CO[C@@H]3OC[C@@H](O)[C@H](O)[C@H]3O)[C@H]2OC(=O)/C=C/c2ccc(O)c(O)c2)[C@H](O)[C@H](O)[C@H]1O[C@@H]1OC[C@@H](O)[C@H](O)[C@H]1O. The smallest absolute Gasteiger partial charge is 0.331 e. The number of phenolic OH excluding ortho intramolecular Hbond substituents is 4.